The van der Waals surface area contributed by atoms with Crippen LogP contribution in [0.5, 0.6) is 11.5 Å². The molecular formula is C23H22Cl2N4O2. The second kappa shape index (κ2) is 9.04. The molecule has 1 N–H and O–H groups in total. The number of methoxy groups -OCH3 is 2. The molecule has 6 nitrogen and oxygen atoms in total. The Morgan fingerprint density at radius 2 is 1.81 bits per heavy atom. The smallest absolute Gasteiger partial charge is 0.160 e. The number of aromatic nitrogens is 3. The normalized spacial score (nSPS) is 11.0. The Bertz CT molecular complexity index is 1220. The largest absolute Gasteiger partial charge is 0.497 e. The lowest BCUT2D eigenvalue weighted by Gasteiger charge is -2.14. The summed E-state index contributed by atoms with van der Waals surface area (Å²) in [5, 5.41) is 9.17. The van der Waals surface area contributed by atoms with Gasteiger partial charge in [-0.1, -0.05) is 29.3 Å². The fourth-order valence-corrected chi connectivity index (χ4v) is 3.94. The Kier molecular flexibility index (Phi) is 6.20. The maximum absolute atomic E-state index is 6.38. The van der Waals surface area contributed by atoms with E-state index in [9.17, 15) is 0 Å². The van der Waals surface area contributed by atoms with Crippen LogP contribution in [-0.2, 0) is 13.0 Å². The Hall–Kier alpha value is -2.96. The monoisotopic (exact) mass is 456 g/mol. The van der Waals surface area contributed by atoms with Gasteiger partial charge in [-0.3, -0.25) is 0 Å². The lowest BCUT2D eigenvalue weighted by molar-refractivity contribution is 0.391. The molecule has 0 aliphatic heterocycles. The third kappa shape index (κ3) is 4.40. The number of ether oxygens (including phenoxy) is 2. The summed E-state index contributed by atoms with van der Waals surface area (Å²) in [6.45, 7) is 2.52. The average Bonchev–Trinajstić information content (AvgIpc) is 3.15. The number of benzene rings is 2. The Morgan fingerprint density at radius 1 is 1.03 bits per heavy atom. The van der Waals surface area contributed by atoms with Crippen molar-refractivity contribution in [3.8, 4) is 11.5 Å². The van der Waals surface area contributed by atoms with Crippen LogP contribution in [0.1, 0.15) is 22.4 Å². The van der Waals surface area contributed by atoms with Crippen molar-refractivity contribution in [2.24, 2.45) is 0 Å². The van der Waals surface area contributed by atoms with Crippen LogP contribution in [0.15, 0.2) is 48.7 Å². The zero-order valence-corrected chi connectivity index (χ0v) is 19.0. The minimum atomic E-state index is 0.514. The third-order valence-electron chi connectivity index (χ3n) is 5.07. The molecule has 0 unspecified atom stereocenters. The molecular weight excluding hydrogens is 435 g/mol. The fourth-order valence-electron chi connectivity index (χ4n) is 3.41. The molecule has 2 aromatic carbocycles. The van der Waals surface area contributed by atoms with Gasteiger partial charge < -0.3 is 14.8 Å². The van der Waals surface area contributed by atoms with Crippen LogP contribution in [0.4, 0.5) is 5.82 Å². The molecule has 0 aliphatic rings. The first kappa shape index (κ1) is 21.3. The molecule has 0 atom stereocenters. The first-order valence-corrected chi connectivity index (χ1v) is 10.5. The maximum atomic E-state index is 6.38. The highest BCUT2D eigenvalue weighted by atomic mass is 35.5. The van der Waals surface area contributed by atoms with E-state index in [0.717, 1.165) is 45.3 Å². The van der Waals surface area contributed by atoms with Gasteiger partial charge in [-0.05, 0) is 36.8 Å². The first-order valence-electron chi connectivity index (χ1n) is 9.72. The predicted molar refractivity (Wildman–Crippen MR) is 124 cm³/mol. The number of nitrogens with zero attached hydrogens (tertiary/aromatic N) is 3. The lowest BCUT2D eigenvalue weighted by Crippen LogP contribution is -2.09. The quantitative estimate of drug-likeness (QED) is 0.394. The molecule has 2 heterocycles. The van der Waals surface area contributed by atoms with Crippen molar-refractivity contribution in [3.05, 3.63) is 81.1 Å². The number of hydrogen-bond donors (Lipinski definition) is 1. The van der Waals surface area contributed by atoms with Gasteiger partial charge in [-0.15, -0.1) is 0 Å². The van der Waals surface area contributed by atoms with E-state index in [0.29, 0.717) is 23.0 Å². The minimum absolute atomic E-state index is 0.514. The molecule has 0 aliphatic carbocycles. The van der Waals surface area contributed by atoms with Crippen molar-refractivity contribution in [2.45, 2.75) is 19.9 Å². The third-order valence-corrected chi connectivity index (χ3v) is 5.78. The number of nitrogens with one attached hydrogen (secondary N) is 1. The van der Waals surface area contributed by atoms with Gasteiger partial charge in [0.1, 0.15) is 17.3 Å². The van der Waals surface area contributed by atoms with Gasteiger partial charge in [0.2, 0.25) is 0 Å². The topological polar surface area (TPSA) is 60.7 Å². The molecule has 0 amide bonds. The zero-order chi connectivity index (χ0) is 22.0. The summed E-state index contributed by atoms with van der Waals surface area (Å²) in [6, 6.07) is 13.2. The first-order chi connectivity index (χ1) is 15.0. The van der Waals surface area contributed by atoms with E-state index in [1.807, 2.05) is 49.4 Å². The summed E-state index contributed by atoms with van der Waals surface area (Å²) in [7, 11) is 3.28. The second-order valence-corrected chi connectivity index (χ2v) is 7.92. The standard InChI is InChI=1S/C23H22Cl2N4O2/c1-14-12-27-29-22(26-13-15-7-8-17(30-2)11-21(15)31-3)10-16(28-23(14)29)9-18-19(24)5-4-6-20(18)25/h4-8,10-12,26H,9,13H2,1-3H3. The van der Waals surface area contributed by atoms with Gasteiger partial charge in [-0.25, -0.2) is 4.98 Å². The van der Waals surface area contributed by atoms with Crippen LogP contribution in [0.25, 0.3) is 5.65 Å². The Labute approximate surface area is 190 Å². The Morgan fingerprint density at radius 3 is 2.52 bits per heavy atom. The van der Waals surface area contributed by atoms with Crippen LogP contribution >= 0.6 is 23.2 Å². The molecule has 31 heavy (non-hydrogen) atoms. The van der Waals surface area contributed by atoms with Crippen LogP contribution in [-0.4, -0.2) is 28.8 Å². The molecule has 0 saturated carbocycles. The summed E-state index contributed by atoms with van der Waals surface area (Å²) in [5.41, 5.74) is 4.45. The average molecular weight is 457 g/mol. The zero-order valence-electron chi connectivity index (χ0n) is 17.4. The molecule has 160 valence electrons. The number of rotatable bonds is 7. The van der Waals surface area contributed by atoms with Crippen LogP contribution in [0.2, 0.25) is 10.0 Å². The van der Waals surface area contributed by atoms with Crippen molar-refractivity contribution in [2.75, 3.05) is 19.5 Å². The number of halogens is 2. The molecule has 4 rings (SSSR count). The summed E-state index contributed by atoms with van der Waals surface area (Å²) >= 11 is 12.8. The van der Waals surface area contributed by atoms with E-state index in [1.165, 1.54) is 0 Å². The van der Waals surface area contributed by atoms with E-state index in [2.05, 4.69) is 10.4 Å². The molecule has 0 bridgehead atoms. The SMILES string of the molecule is COc1ccc(CNc2cc(Cc3c(Cl)cccc3Cl)nc3c(C)cnn23)c(OC)c1. The fraction of sp³-hybridized carbons (Fsp3) is 0.217. The van der Waals surface area contributed by atoms with Crippen molar-refractivity contribution >= 4 is 34.7 Å². The molecule has 2 aromatic heterocycles. The molecule has 4 aromatic rings. The van der Waals surface area contributed by atoms with Gasteiger partial charge in [0.25, 0.3) is 0 Å². The summed E-state index contributed by atoms with van der Waals surface area (Å²) < 4.78 is 12.6. The van der Waals surface area contributed by atoms with Gasteiger partial charge >= 0.3 is 0 Å². The number of hydrogen-bond acceptors (Lipinski definition) is 5. The van der Waals surface area contributed by atoms with Crippen LogP contribution < -0.4 is 14.8 Å². The maximum Gasteiger partial charge on any atom is 0.160 e. The van der Waals surface area contributed by atoms with Crippen molar-refractivity contribution in [3.63, 3.8) is 0 Å². The van der Waals surface area contributed by atoms with Gasteiger partial charge in [0.15, 0.2) is 5.65 Å². The lowest BCUT2D eigenvalue weighted by atomic mass is 10.1. The predicted octanol–water partition coefficient (Wildman–Crippen LogP) is 5.56. The minimum Gasteiger partial charge on any atom is -0.497 e. The molecule has 0 radical (unpaired) electrons. The molecule has 0 fully saturated rings. The van der Waals surface area contributed by atoms with Crippen LogP contribution in [0, 0.1) is 6.92 Å². The van der Waals surface area contributed by atoms with Crippen molar-refractivity contribution in [1.82, 2.24) is 14.6 Å². The summed E-state index contributed by atoms with van der Waals surface area (Å²) in [6.07, 6.45) is 2.31. The van der Waals surface area contributed by atoms with E-state index < -0.39 is 0 Å². The van der Waals surface area contributed by atoms with E-state index in [4.69, 9.17) is 37.7 Å². The Balaban J connectivity index is 1.68. The van der Waals surface area contributed by atoms with Crippen LogP contribution in [0.3, 0.4) is 0 Å². The second-order valence-electron chi connectivity index (χ2n) is 7.10. The summed E-state index contributed by atoms with van der Waals surface area (Å²) in [5.74, 6) is 2.31. The van der Waals surface area contributed by atoms with Crippen molar-refractivity contribution < 1.29 is 9.47 Å². The van der Waals surface area contributed by atoms with Gasteiger partial charge in [-0.2, -0.15) is 9.61 Å². The molecule has 0 saturated heterocycles. The summed E-state index contributed by atoms with van der Waals surface area (Å²) in [4.78, 5) is 4.79. The van der Waals surface area contributed by atoms with E-state index in [1.54, 1.807) is 24.9 Å². The van der Waals surface area contributed by atoms with E-state index >= 15 is 0 Å². The van der Waals surface area contributed by atoms with Gasteiger partial charge in [0.05, 0.1) is 26.1 Å². The van der Waals surface area contributed by atoms with Crippen molar-refractivity contribution in [1.29, 1.82) is 0 Å². The number of aryl methyl sites for hydroxylation is 1. The van der Waals surface area contributed by atoms with E-state index in [-0.39, 0.29) is 0 Å². The number of anilines is 1. The molecule has 8 heteroatoms. The number of fused-ring (bicyclic) bond motifs is 1. The highest BCUT2D eigenvalue weighted by molar-refractivity contribution is 6.36. The highest BCUT2D eigenvalue weighted by Crippen LogP contribution is 2.29. The van der Waals surface area contributed by atoms with Gasteiger partial charge in [0, 0.05) is 46.3 Å². The molecule has 0 spiro atoms. The highest BCUT2D eigenvalue weighted by Gasteiger charge is 2.14.